The van der Waals surface area contributed by atoms with Gasteiger partial charge in [-0.25, -0.2) is 0 Å². The van der Waals surface area contributed by atoms with Crippen molar-refractivity contribution >= 4 is 29.1 Å². The first-order valence-corrected chi connectivity index (χ1v) is 8.75. The van der Waals surface area contributed by atoms with Crippen molar-refractivity contribution in [1.29, 1.82) is 0 Å². The maximum absolute atomic E-state index is 12.2. The number of carbonyl (C=O) groups excluding carboxylic acids is 2. The van der Waals surface area contributed by atoms with Crippen molar-refractivity contribution in [1.82, 2.24) is 4.90 Å². The molecule has 4 nitrogen and oxygen atoms in total. The minimum atomic E-state index is -0.0942. The van der Waals surface area contributed by atoms with Crippen molar-refractivity contribution in [3.05, 3.63) is 64.7 Å². The number of rotatable bonds is 7. The van der Waals surface area contributed by atoms with Gasteiger partial charge in [0.1, 0.15) is 0 Å². The summed E-state index contributed by atoms with van der Waals surface area (Å²) in [5, 5.41) is 3.59. The molecule has 0 atom stereocenters. The van der Waals surface area contributed by atoms with Crippen LogP contribution < -0.4 is 5.32 Å². The summed E-state index contributed by atoms with van der Waals surface area (Å²) < 4.78 is 0. The van der Waals surface area contributed by atoms with Crippen LogP contribution in [0.5, 0.6) is 0 Å². The van der Waals surface area contributed by atoms with Crippen LogP contribution >= 0.6 is 11.6 Å². The molecule has 132 valence electrons. The monoisotopic (exact) mass is 358 g/mol. The van der Waals surface area contributed by atoms with Crippen LogP contribution in [0.4, 0.5) is 5.69 Å². The molecule has 2 rings (SSSR count). The molecular weight excluding hydrogens is 336 g/mol. The van der Waals surface area contributed by atoms with Gasteiger partial charge in [-0.1, -0.05) is 48.9 Å². The van der Waals surface area contributed by atoms with Gasteiger partial charge in [-0.15, -0.1) is 0 Å². The Balaban J connectivity index is 1.93. The molecule has 2 amide bonds. The third-order valence-electron chi connectivity index (χ3n) is 4.01. The zero-order valence-electron chi connectivity index (χ0n) is 14.6. The molecule has 0 aliphatic heterocycles. The van der Waals surface area contributed by atoms with Gasteiger partial charge in [-0.3, -0.25) is 9.59 Å². The first-order chi connectivity index (χ1) is 12.0. The van der Waals surface area contributed by atoms with Crippen LogP contribution in [-0.4, -0.2) is 23.3 Å². The van der Waals surface area contributed by atoms with Crippen LogP contribution in [0.1, 0.15) is 31.4 Å². The maximum atomic E-state index is 12.2. The Morgan fingerprint density at radius 1 is 1.08 bits per heavy atom. The van der Waals surface area contributed by atoms with Gasteiger partial charge >= 0.3 is 0 Å². The second kappa shape index (κ2) is 9.23. The molecule has 0 heterocycles. The van der Waals surface area contributed by atoms with Gasteiger partial charge in [0.2, 0.25) is 11.8 Å². The van der Waals surface area contributed by atoms with E-state index in [1.165, 1.54) is 6.92 Å². The smallest absolute Gasteiger partial charge is 0.226 e. The first kappa shape index (κ1) is 19.0. The Labute approximate surface area is 153 Å². The molecule has 0 bridgehead atoms. The van der Waals surface area contributed by atoms with Crippen LogP contribution in [0.2, 0.25) is 5.02 Å². The molecule has 0 unspecified atom stereocenters. The fourth-order valence-electron chi connectivity index (χ4n) is 2.56. The van der Waals surface area contributed by atoms with Crippen molar-refractivity contribution in [3.63, 3.8) is 0 Å². The Bertz CT molecular complexity index is 729. The average molecular weight is 359 g/mol. The van der Waals surface area contributed by atoms with E-state index in [4.69, 9.17) is 11.6 Å². The third-order valence-corrected chi connectivity index (χ3v) is 4.27. The molecule has 0 saturated heterocycles. The van der Waals surface area contributed by atoms with Gasteiger partial charge in [0.15, 0.2) is 0 Å². The maximum Gasteiger partial charge on any atom is 0.226 e. The number of carbonyl (C=O) groups is 2. The van der Waals surface area contributed by atoms with Crippen LogP contribution in [0, 0.1) is 0 Å². The van der Waals surface area contributed by atoms with Gasteiger partial charge in [0.25, 0.3) is 0 Å². The van der Waals surface area contributed by atoms with Crippen molar-refractivity contribution < 1.29 is 9.59 Å². The number of hydrogen-bond donors (Lipinski definition) is 1. The number of nitrogens with one attached hydrogen (secondary N) is 1. The molecular formula is C20H23ClN2O2. The number of aryl methyl sites for hydroxylation is 1. The Morgan fingerprint density at radius 2 is 1.76 bits per heavy atom. The molecule has 0 fully saturated rings. The normalized spacial score (nSPS) is 10.4. The predicted octanol–water partition coefficient (Wildman–Crippen LogP) is 4.28. The lowest BCUT2D eigenvalue weighted by atomic mass is 10.1. The first-order valence-electron chi connectivity index (χ1n) is 8.37. The number of anilines is 1. The van der Waals surface area contributed by atoms with Crippen LogP contribution in [0.3, 0.4) is 0 Å². The molecule has 0 radical (unpaired) electrons. The summed E-state index contributed by atoms with van der Waals surface area (Å²) in [6.07, 6.45) is 1.11. The van der Waals surface area contributed by atoms with E-state index in [-0.39, 0.29) is 18.2 Å². The molecule has 1 N–H and O–H groups in total. The zero-order chi connectivity index (χ0) is 18.2. The van der Waals surface area contributed by atoms with E-state index in [9.17, 15) is 9.59 Å². The SMILES string of the molecule is CCc1ccccc1NC(=O)CCN(Cc1ccc(Cl)cc1)C(C)=O. The molecule has 0 saturated carbocycles. The van der Waals surface area contributed by atoms with Gasteiger partial charge in [-0.2, -0.15) is 0 Å². The van der Waals surface area contributed by atoms with E-state index >= 15 is 0 Å². The van der Waals surface area contributed by atoms with Crippen LogP contribution in [0.15, 0.2) is 48.5 Å². The standard InChI is InChI=1S/C20H23ClN2O2/c1-3-17-6-4-5-7-19(17)22-20(25)12-13-23(15(2)24)14-16-8-10-18(21)11-9-16/h4-11H,3,12-14H2,1-2H3,(H,22,25). The molecule has 0 aliphatic rings. The lowest BCUT2D eigenvalue weighted by Crippen LogP contribution is -2.31. The molecule has 2 aromatic rings. The topological polar surface area (TPSA) is 49.4 Å². The van der Waals surface area contributed by atoms with Gasteiger partial charge in [0.05, 0.1) is 0 Å². The lowest BCUT2D eigenvalue weighted by Gasteiger charge is -2.21. The number of nitrogens with zero attached hydrogens (tertiary/aromatic N) is 1. The number of benzene rings is 2. The van der Waals surface area contributed by atoms with Crippen molar-refractivity contribution in [3.8, 4) is 0 Å². The van der Waals surface area contributed by atoms with Gasteiger partial charge in [0, 0.05) is 37.1 Å². The molecule has 2 aromatic carbocycles. The van der Waals surface area contributed by atoms with Crippen molar-refractivity contribution in [2.75, 3.05) is 11.9 Å². The molecule has 5 heteroatoms. The zero-order valence-corrected chi connectivity index (χ0v) is 15.3. The quantitative estimate of drug-likeness (QED) is 0.803. The highest BCUT2D eigenvalue weighted by molar-refractivity contribution is 6.30. The van der Waals surface area contributed by atoms with Crippen LogP contribution in [-0.2, 0) is 22.6 Å². The molecule has 0 aromatic heterocycles. The largest absolute Gasteiger partial charge is 0.338 e. The summed E-state index contributed by atoms with van der Waals surface area (Å²) in [4.78, 5) is 25.8. The summed E-state index contributed by atoms with van der Waals surface area (Å²) >= 11 is 5.88. The number of hydrogen-bond acceptors (Lipinski definition) is 2. The highest BCUT2D eigenvalue weighted by Crippen LogP contribution is 2.16. The van der Waals surface area contributed by atoms with E-state index in [0.29, 0.717) is 18.1 Å². The van der Waals surface area contributed by atoms with Crippen molar-refractivity contribution in [2.45, 2.75) is 33.2 Å². The second-order valence-corrected chi connectivity index (χ2v) is 6.31. The van der Waals surface area contributed by atoms with E-state index in [0.717, 1.165) is 23.2 Å². The molecule has 25 heavy (non-hydrogen) atoms. The summed E-state index contributed by atoms with van der Waals surface area (Å²) in [5.74, 6) is -0.153. The second-order valence-electron chi connectivity index (χ2n) is 5.88. The van der Waals surface area contributed by atoms with Gasteiger partial charge < -0.3 is 10.2 Å². The van der Waals surface area contributed by atoms with E-state index in [2.05, 4.69) is 12.2 Å². The number of amides is 2. The lowest BCUT2D eigenvalue weighted by molar-refractivity contribution is -0.129. The summed E-state index contributed by atoms with van der Waals surface area (Å²) in [5.41, 5.74) is 2.92. The van der Waals surface area contributed by atoms with Crippen LogP contribution in [0.25, 0.3) is 0 Å². The van der Waals surface area contributed by atoms with E-state index in [1.54, 1.807) is 17.0 Å². The van der Waals surface area contributed by atoms with Crippen molar-refractivity contribution in [2.24, 2.45) is 0 Å². The Hall–Kier alpha value is -2.33. The highest BCUT2D eigenvalue weighted by Gasteiger charge is 2.13. The number of para-hydroxylation sites is 1. The number of halogens is 1. The average Bonchev–Trinajstić information content (AvgIpc) is 2.60. The predicted molar refractivity (Wildman–Crippen MR) is 102 cm³/mol. The minimum Gasteiger partial charge on any atom is -0.338 e. The molecule has 0 aliphatic carbocycles. The third kappa shape index (κ3) is 5.91. The fourth-order valence-corrected chi connectivity index (χ4v) is 2.68. The minimum absolute atomic E-state index is 0.0586. The highest BCUT2D eigenvalue weighted by atomic mass is 35.5. The Morgan fingerprint density at radius 3 is 2.40 bits per heavy atom. The summed E-state index contributed by atoms with van der Waals surface area (Å²) in [6, 6.07) is 15.1. The fraction of sp³-hybridized carbons (Fsp3) is 0.300. The Kier molecular flexibility index (Phi) is 7.02. The summed E-state index contributed by atoms with van der Waals surface area (Å²) in [7, 11) is 0. The van der Waals surface area contributed by atoms with E-state index in [1.807, 2.05) is 36.4 Å². The van der Waals surface area contributed by atoms with Gasteiger partial charge in [-0.05, 0) is 35.7 Å². The van der Waals surface area contributed by atoms with E-state index < -0.39 is 0 Å². The molecule has 0 spiro atoms. The summed E-state index contributed by atoms with van der Waals surface area (Å²) in [6.45, 7) is 4.40.